The molecule has 0 saturated heterocycles. The first kappa shape index (κ1) is 14.4. The number of hydrogen-bond donors (Lipinski definition) is 2. The second-order valence-electron chi connectivity index (χ2n) is 5.20. The monoisotopic (exact) mass is 276 g/mol. The van der Waals surface area contributed by atoms with Crippen LogP contribution >= 0.6 is 0 Å². The van der Waals surface area contributed by atoms with Gasteiger partial charge in [-0.3, -0.25) is 4.79 Å². The molecular formula is C15H20N2O3. The third kappa shape index (κ3) is 3.73. The van der Waals surface area contributed by atoms with Gasteiger partial charge in [0.2, 0.25) is 0 Å². The number of nitrogens with two attached hydrogens (primary N) is 1. The number of rotatable bonds is 4. The standard InChI is InChI=1S/C15H20N2O3/c1-10-6-7-11(8-13(10)16)15(19)20-9-14(18)17-12-4-2-3-5-12/h6-8,12H,2-5,9,16H2,1H3,(H,17,18). The summed E-state index contributed by atoms with van der Waals surface area (Å²) >= 11 is 0. The molecule has 1 saturated carbocycles. The molecule has 0 aliphatic heterocycles. The van der Waals surface area contributed by atoms with Gasteiger partial charge in [0.15, 0.2) is 6.61 Å². The molecule has 1 amide bonds. The summed E-state index contributed by atoms with van der Waals surface area (Å²) in [5.41, 5.74) is 7.54. The van der Waals surface area contributed by atoms with E-state index in [1.54, 1.807) is 18.2 Å². The van der Waals surface area contributed by atoms with E-state index < -0.39 is 5.97 Å². The van der Waals surface area contributed by atoms with Gasteiger partial charge in [0.05, 0.1) is 5.56 Å². The molecule has 2 rings (SSSR count). The van der Waals surface area contributed by atoms with Gasteiger partial charge in [-0.2, -0.15) is 0 Å². The number of carbonyl (C=O) groups is 2. The minimum atomic E-state index is -0.529. The Morgan fingerprint density at radius 1 is 1.35 bits per heavy atom. The average Bonchev–Trinajstić information content (AvgIpc) is 2.92. The van der Waals surface area contributed by atoms with Crippen LogP contribution in [-0.2, 0) is 9.53 Å². The van der Waals surface area contributed by atoms with Gasteiger partial charge in [-0.05, 0) is 37.5 Å². The molecule has 5 heteroatoms. The van der Waals surface area contributed by atoms with Gasteiger partial charge in [-0.1, -0.05) is 18.9 Å². The van der Waals surface area contributed by atoms with Crippen molar-refractivity contribution in [3.8, 4) is 0 Å². The van der Waals surface area contributed by atoms with Crippen molar-refractivity contribution in [1.29, 1.82) is 0 Å². The van der Waals surface area contributed by atoms with Gasteiger partial charge in [-0.15, -0.1) is 0 Å². The fourth-order valence-electron chi connectivity index (χ4n) is 2.32. The largest absolute Gasteiger partial charge is 0.452 e. The molecule has 0 bridgehead atoms. The van der Waals surface area contributed by atoms with Crippen LogP contribution in [0.25, 0.3) is 0 Å². The summed E-state index contributed by atoms with van der Waals surface area (Å²) in [7, 11) is 0. The normalized spacial score (nSPS) is 15.1. The summed E-state index contributed by atoms with van der Waals surface area (Å²) in [6.07, 6.45) is 4.31. The number of benzene rings is 1. The molecule has 0 aromatic heterocycles. The molecule has 20 heavy (non-hydrogen) atoms. The van der Waals surface area contributed by atoms with Crippen LogP contribution in [0, 0.1) is 6.92 Å². The molecular weight excluding hydrogens is 256 g/mol. The molecule has 0 spiro atoms. The van der Waals surface area contributed by atoms with Crippen molar-refractivity contribution < 1.29 is 14.3 Å². The number of ether oxygens (including phenoxy) is 1. The summed E-state index contributed by atoms with van der Waals surface area (Å²) in [6, 6.07) is 5.19. The van der Waals surface area contributed by atoms with E-state index in [1.165, 1.54) is 0 Å². The maximum atomic E-state index is 11.8. The molecule has 0 radical (unpaired) electrons. The van der Waals surface area contributed by atoms with Crippen LogP contribution in [0.3, 0.4) is 0 Å². The molecule has 108 valence electrons. The molecule has 5 nitrogen and oxygen atoms in total. The van der Waals surface area contributed by atoms with E-state index in [-0.39, 0.29) is 18.6 Å². The number of nitrogens with one attached hydrogen (secondary N) is 1. The van der Waals surface area contributed by atoms with E-state index in [0.717, 1.165) is 31.2 Å². The highest BCUT2D eigenvalue weighted by Gasteiger charge is 2.18. The van der Waals surface area contributed by atoms with Crippen molar-refractivity contribution >= 4 is 17.6 Å². The van der Waals surface area contributed by atoms with Crippen LogP contribution in [0.15, 0.2) is 18.2 Å². The van der Waals surface area contributed by atoms with E-state index in [1.807, 2.05) is 6.92 Å². The zero-order chi connectivity index (χ0) is 14.5. The lowest BCUT2D eigenvalue weighted by atomic mass is 10.1. The second-order valence-corrected chi connectivity index (χ2v) is 5.20. The van der Waals surface area contributed by atoms with Gasteiger partial charge in [0.25, 0.3) is 5.91 Å². The predicted molar refractivity (Wildman–Crippen MR) is 76.3 cm³/mol. The van der Waals surface area contributed by atoms with Crippen molar-refractivity contribution in [1.82, 2.24) is 5.32 Å². The van der Waals surface area contributed by atoms with Crippen LogP contribution in [0.4, 0.5) is 5.69 Å². The SMILES string of the molecule is Cc1ccc(C(=O)OCC(=O)NC2CCCC2)cc1N. The van der Waals surface area contributed by atoms with E-state index in [2.05, 4.69) is 5.32 Å². The second kappa shape index (κ2) is 6.41. The van der Waals surface area contributed by atoms with E-state index in [4.69, 9.17) is 10.5 Å². The van der Waals surface area contributed by atoms with Crippen LogP contribution in [-0.4, -0.2) is 24.5 Å². The van der Waals surface area contributed by atoms with E-state index in [0.29, 0.717) is 11.3 Å². The Kier molecular flexibility index (Phi) is 4.61. The third-order valence-corrected chi connectivity index (χ3v) is 3.57. The van der Waals surface area contributed by atoms with Crippen LogP contribution in [0.2, 0.25) is 0 Å². The number of amides is 1. The Morgan fingerprint density at radius 3 is 2.70 bits per heavy atom. The number of esters is 1. The first-order chi connectivity index (χ1) is 9.56. The van der Waals surface area contributed by atoms with Crippen molar-refractivity contribution in [2.24, 2.45) is 0 Å². The lowest BCUT2D eigenvalue weighted by molar-refractivity contribution is -0.124. The number of hydrogen-bond acceptors (Lipinski definition) is 4. The molecule has 1 aliphatic carbocycles. The highest BCUT2D eigenvalue weighted by molar-refractivity contribution is 5.92. The fourth-order valence-corrected chi connectivity index (χ4v) is 2.32. The van der Waals surface area contributed by atoms with Crippen molar-refractivity contribution in [3.63, 3.8) is 0 Å². The molecule has 0 unspecified atom stereocenters. The maximum Gasteiger partial charge on any atom is 0.338 e. The van der Waals surface area contributed by atoms with Crippen molar-refractivity contribution in [3.05, 3.63) is 29.3 Å². The molecule has 0 heterocycles. The maximum absolute atomic E-state index is 11.8. The molecule has 1 aromatic carbocycles. The van der Waals surface area contributed by atoms with Gasteiger partial charge in [0, 0.05) is 11.7 Å². The third-order valence-electron chi connectivity index (χ3n) is 3.57. The topological polar surface area (TPSA) is 81.4 Å². The van der Waals surface area contributed by atoms with Gasteiger partial charge < -0.3 is 15.8 Å². The highest BCUT2D eigenvalue weighted by Crippen LogP contribution is 2.17. The van der Waals surface area contributed by atoms with Crippen molar-refractivity contribution in [2.75, 3.05) is 12.3 Å². The fraction of sp³-hybridized carbons (Fsp3) is 0.467. The summed E-state index contributed by atoms with van der Waals surface area (Å²) in [6.45, 7) is 1.61. The van der Waals surface area contributed by atoms with Crippen LogP contribution < -0.4 is 11.1 Å². The Morgan fingerprint density at radius 2 is 2.05 bits per heavy atom. The number of nitrogen functional groups attached to an aromatic ring is 1. The smallest absolute Gasteiger partial charge is 0.338 e. The highest BCUT2D eigenvalue weighted by atomic mass is 16.5. The first-order valence-corrected chi connectivity index (χ1v) is 6.89. The lowest BCUT2D eigenvalue weighted by Gasteiger charge is -2.12. The Hall–Kier alpha value is -2.04. The summed E-state index contributed by atoms with van der Waals surface area (Å²) in [5.74, 6) is -0.774. The van der Waals surface area contributed by atoms with E-state index >= 15 is 0 Å². The van der Waals surface area contributed by atoms with Gasteiger partial charge >= 0.3 is 5.97 Å². The molecule has 3 N–H and O–H groups in total. The zero-order valence-electron chi connectivity index (χ0n) is 11.6. The molecule has 1 aliphatic rings. The van der Waals surface area contributed by atoms with E-state index in [9.17, 15) is 9.59 Å². The van der Waals surface area contributed by atoms with Crippen LogP contribution in [0.1, 0.15) is 41.6 Å². The Labute approximate surface area is 118 Å². The minimum absolute atomic E-state index is 0.233. The Bertz CT molecular complexity index is 508. The molecule has 1 fully saturated rings. The lowest BCUT2D eigenvalue weighted by Crippen LogP contribution is -2.35. The summed E-state index contributed by atoms with van der Waals surface area (Å²) in [5, 5.41) is 2.87. The summed E-state index contributed by atoms with van der Waals surface area (Å²) in [4.78, 5) is 23.4. The quantitative estimate of drug-likeness (QED) is 0.649. The number of aryl methyl sites for hydroxylation is 1. The summed E-state index contributed by atoms with van der Waals surface area (Å²) < 4.78 is 4.99. The zero-order valence-corrected chi connectivity index (χ0v) is 11.6. The molecule has 0 atom stereocenters. The van der Waals surface area contributed by atoms with Gasteiger partial charge in [0.1, 0.15) is 0 Å². The van der Waals surface area contributed by atoms with Crippen molar-refractivity contribution in [2.45, 2.75) is 38.6 Å². The first-order valence-electron chi connectivity index (χ1n) is 6.89. The molecule has 1 aromatic rings. The van der Waals surface area contributed by atoms with Crippen LogP contribution in [0.5, 0.6) is 0 Å². The minimum Gasteiger partial charge on any atom is -0.452 e. The number of anilines is 1. The predicted octanol–water partition coefficient (Wildman–Crippen LogP) is 1.79. The van der Waals surface area contributed by atoms with Gasteiger partial charge in [-0.25, -0.2) is 4.79 Å². The average molecular weight is 276 g/mol. The number of carbonyl (C=O) groups excluding carboxylic acids is 2. The Balaban J connectivity index is 1.81.